The van der Waals surface area contributed by atoms with Gasteiger partial charge in [0.15, 0.2) is 0 Å². The quantitative estimate of drug-likeness (QED) is 0.446. The van der Waals surface area contributed by atoms with Gasteiger partial charge < -0.3 is 0 Å². The largest absolute Gasteiger partial charge is 0.299 e. The highest BCUT2D eigenvalue weighted by molar-refractivity contribution is 5.80. The summed E-state index contributed by atoms with van der Waals surface area (Å²) < 4.78 is 0. The van der Waals surface area contributed by atoms with Crippen LogP contribution >= 0.6 is 0 Å². The molecule has 0 aliphatic rings. The van der Waals surface area contributed by atoms with Gasteiger partial charge in [0.25, 0.3) is 0 Å². The Morgan fingerprint density at radius 3 is 1.69 bits per heavy atom. The average molecular weight is 226 g/mol. The summed E-state index contributed by atoms with van der Waals surface area (Å²) in [6, 6.07) is 0. The molecule has 1 heteroatoms. The molecule has 0 bridgehead atoms. The van der Waals surface area contributed by atoms with Crippen LogP contribution in [0.1, 0.15) is 85.0 Å². The molecule has 0 aromatic rings. The summed E-state index contributed by atoms with van der Waals surface area (Å²) in [6.45, 7) is 6.25. The van der Waals surface area contributed by atoms with E-state index in [4.69, 9.17) is 0 Å². The van der Waals surface area contributed by atoms with Gasteiger partial charge in [0, 0.05) is 12.3 Å². The number of unbranched alkanes of at least 4 members (excludes halogenated alkanes) is 8. The predicted molar refractivity (Wildman–Crippen MR) is 71.7 cm³/mol. The highest BCUT2D eigenvalue weighted by Crippen LogP contribution is 2.11. The second-order valence-electron chi connectivity index (χ2n) is 5.20. The summed E-state index contributed by atoms with van der Waals surface area (Å²) in [7, 11) is 0. The van der Waals surface area contributed by atoms with Crippen LogP contribution in [0, 0.1) is 5.92 Å². The van der Waals surface area contributed by atoms with Crippen molar-refractivity contribution in [2.24, 2.45) is 5.92 Å². The van der Waals surface area contributed by atoms with E-state index >= 15 is 0 Å². The fourth-order valence-corrected chi connectivity index (χ4v) is 1.90. The van der Waals surface area contributed by atoms with E-state index in [2.05, 4.69) is 6.92 Å². The Bertz CT molecular complexity index is 161. The summed E-state index contributed by atoms with van der Waals surface area (Å²) in [5.41, 5.74) is 0. The standard InChI is InChI=1S/C15H30O/c1-4-5-6-7-8-9-10-11-12-13-15(16)14(2)3/h14H,4-13H2,1-3H3. The minimum absolute atomic E-state index is 0.231. The fourth-order valence-electron chi connectivity index (χ4n) is 1.90. The number of carbonyl (C=O) groups excluding carboxylic acids is 1. The molecule has 0 atom stereocenters. The summed E-state index contributed by atoms with van der Waals surface area (Å²) in [6.07, 6.45) is 12.7. The van der Waals surface area contributed by atoms with E-state index in [0.717, 1.165) is 12.8 Å². The SMILES string of the molecule is CCCCCCCCCCCC(=O)C(C)C. The summed E-state index contributed by atoms with van der Waals surface area (Å²) in [4.78, 5) is 11.3. The molecule has 0 aromatic carbocycles. The highest BCUT2D eigenvalue weighted by Gasteiger charge is 2.05. The minimum atomic E-state index is 0.231. The van der Waals surface area contributed by atoms with E-state index in [9.17, 15) is 4.79 Å². The second kappa shape index (κ2) is 11.2. The third kappa shape index (κ3) is 10.2. The van der Waals surface area contributed by atoms with Gasteiger partial charge in [-0.15, -0.1) is 0 Å². The molecule has 0 unspecified atom stereocenters. The maximum absolute atomic E-state index is 11.3. The Morgan fingerprint density at radius 1 is 0.812 bits per heavy atom. The fraction of sp³-hybridized carbons (Fsp3) is 0.933. The summed E-state index contributed by atoms with van der Waals surface area (Å²) >= 11 is 0. The van der Waals surface area contributed by atoms with Crippen LogP contribution in [0.25, 0.3) is 0 Å². The molecule has 0 aromatic heterocycles. The van der Waals surface area contributed by atoms with Gasteiger partial charge >= 0.3 is 0 Å². The van der Waals surface area contributed by atoms with Gasteiger partial charge in [-0.1, -0.05) is 72.1 Å². The van der Waals surface area contributed by atoms with Crippen molar-refractivity contribution >= 4 is 5.78 Å². The lowest BCUT2D eigenvalue weighted by molar-refractivity contribution is -0.122. The lowest BCUT2D eigenvalue weighted by atomic mass is 10.0. The first-order valence-electron chi connectivity index (χ1n) is 7.21. The topological polar surface area (TPSA) is 17.1 Å². The van der Waals surface area contributed by atoms with Gasteiger partial charge in [0.2, 0.25) is 0 Å². The third-order valence-corrected chi connectivity index (χ3v) is 3.17. The van der Waals surface area contributed by atoms with Crippen LogP contribution in [0.5, 0.6) is 0 Å². The van der Waals surface area contributed by atoms with Crippen molar-refractivity contribution in [2.75, 3.05) is 0 Å². The van der Waals surface area contributed by atoms with E-state index < -0.39 is 0 Å². The zero-order valence-electron chi connectivity index (χ0n) is 11.6. The predicted octanol–water partition coefficient (Wildman–Crippen LogP) is 5.13. The lowest BCUT2D eigenvalue weighted by Gasteiger charge is -2.04. The molecule has 0 fully saturated rings. The van der Waals surface area contributed by atoms with Crippen molar-refractivity contribution < 1.29 is 4.79 Å². The van der Waals surface area contributed by atoms with Gasteiger partial charge in [-0.05, 0) is 6.42 Å². The molecule has 0 aliphatic carbocycles. The van der Waals surface area contributed by atoms with Gasteiger partial charge in [0.1, 0.15) is 5.78 Å². The molecule has 0 amide bonds. The number of ketones is 1. The van der Waals surface area contributed by atoms with Crippen LogP contribution in [-0.2, 0) is 4.79 Å². The first kappa shape index (κ1) is 15.7. The van der Waals surface area contributed by atoms with Crippen molar-refractivity contribution in [2.45, 2.75) is 85.0 Å². The Hall–Kier alpha value is -0.330. The second-order valence-corrected chi connectivity index (χ2v) is 5.20. The zero-order chi connectivity index (χ0) is 12.2. The first-order valence-corrected chi connectivity index (χ1v) is 7.21. The van der Waals surface area contributed by atoms with Crippen molar-refractivity contribution in [1.82, 2.24) is 0 Å². The molecule has 0 N–H and O–H groups in total. The van der Waals surface area contributed by atoms with Crippen LogP contribution in [0.4, 0.5) is 0 Å². The zero-order valence-corrected chi connectivity index (χ0v) is 11.6. The van der Waals surface area contributed by atoms with E-state index in [1.54, 1.807) is 0 Å². The van der Waals surface area contributed by atoms with Gasteiger partial charge in [-0.2, -0.15) is 0 Å². The summed E-state index contributed by atoms with van der Waals surface area (Å²) in [5, 5.41) is 0. The monoisotopic (exact) mass is 226 g/mol. The van der Waals surface area contributed by atoms with Gasteiger partial charge in [-0.3, -0.25) is 4.79 Å². The number of Topliss-reactive ketones (excluding diaryl/α,β-unsaturated/α-hetero) is 1. The molecule has 0 saturated heterocycles. The number of carbonyl (C=O) groups is 1. The van der Waals surface area contributed by atoms with Gasteiger partial charge in [-0.25, -0.2) is 0 Å². The Morgan fingerprint density at radius 2 is 1.25 bits per heavy atom. The smallest absolute Gasteiger partial charge is 0.135 e. The Labute approximate surface area is 102 Å². The molecule has 0 radical (unpaired) electrons. The van der Waals surface area contributed by atoms with E-state index in [1.807, 2.05) is 13.8 Å². The molecule has 16 heavy (non-hydrogen) atoms. The van der Waals surface area contributed by atoms with E-state index in [1.165, 1.54) is 51.4 Å². The van der Waals surface area contributed by atoms with Crippen LogP contribution in [0.15, 0.2) is 0 Å². The van der Waals surface area contributed by atoms with Crippen LogP contribution in [-0.4, -0.2) is 5.78 Å². The van der Waals surface area contributed by atoms with Crippen molar-refractivity contribution in [3.63, 3.8) is 0 Å². The number of rotatable bonds is 11. The highest BCUT2D eigenvalue weighted by atomic mass is 16.1. The maximum Gasteiger partial charge on any atom is 0.135 e. The van der Waals surface area contributed by atoms with Crippen LogP contribution in [0.3, 0.4) is 0 Å². The molecular formula is C15H30O. The molecule has 96 valence electrons. The number of hydrogen-bond acceptors (Lipinski definition) is 1. The lowest BCUT2D eigenvalue weighted by Crippen LogP contribution is -2.05. The molecule has 0 aliphatic heterocycles. The molecule has 0 saturated carbocycles. The van der Waals surface area contributed by atoms with Crippen LogP contribution in [0.2, 0.25) is 0 Å². The first-order chi connectivity index (χ1) is 7.68. The molecule has 0 spiro atoms. The van der Waals surface area contributed by atoms with E-state index in [-0.39, 0.29) is 5.92 Å². The van der Waals surface area contributed by atoms with Crippen LogP contribution < -0.4 is 0 Å². The average Bonchev–Trinajstić information content (AvgIpc) is 2.26. The molecular weight excluding hydrogens is 196 g/mol. The Balaban J connectivity index is 3.07. The minimum Gasteiger partial charge on any atom is -0.299 e. The maximum atomic E-state index is 11.3. The molecule has 0 heterocycles. The molecule has 0 rings (SSSR count). The number of hydrogen-bond donors (Lipinski definition) is 0. The Kier molecular flexibility index (Phi) is 10.9. The third-order valence-electron chi connectivity index (χ3n) is 3.17. The normalized spacial score (nSPS) is 11.0. The van der Waals surface area contributed by atoms with Crippen molar-refractivity contribution in [1.29, 1.82) is 0 Å². The van der Waals surface area contributed by atoms with Crippen molar-refractivity contribution in [3.05, 3.63) is 0 Å². The summed E-state index contributed by atoms with van der Waals surface area (Å²) in [5.74, 6) is 0.664. The van der Waals surface area contributed by atoms with Crippen molar-refractivity contribution in [3.8, 4) is 0 Å². The van der Waals surface area contributed by atoms with E-state index in [0.29, 0.717) is 5.78 Å². The molecule has 1 nitrogen and oxygen atoms in total. The van der Waals surface area contributed by atoms with Gasteiger partial charge in [0.05, 0.1) is 0 Å².